The van der Waals surface area contributed by atoms with Gasteiger partial charge in [0.1, 0.15) is 5.75 Å². The number of amides is 1. The van der Waals surface area contributed by atoms with Crippen LogP contribution in [0.5, 0.6) is 5.75 Å². The molecular weight excluding hydrogens is 302 g/mol. The van der Waals surface area contributed by atoms with E-state index in [0.29, 0.717) is 5.75 Å². The Bertz CT molecular complexity index is 549. The minimum atomic E-state index is 0.0166. The van der Waals surface area contributed by atoms with Gasteiger partial charge >= 0.3 is 0 Å². The molecule has 0 unspecified atom stereocenters. The molecule has 0 radical (unpaired) electrons. The number of hydrogen-bond donors (Lipinski definition) is 1. The maximum absolute atomic E-state index is 12.7. The van der Waals surface area contributed by atoms with Crippen LogP contribution < -0.4 is 0 Å². The van der Waals surface area contributed by atoms with E-state index in [2.05, 4.69) is 16.7 Å². The number of rotatable bonds is 4. The van der Waals surface area contributed by atoms with Gasteiger partial charge in [0.15, 0.2) is 0 Å². The van der Waals surface area contributed by atoms with Gasteiger partial charge in [-0.05, 0) is 50.6 Å². The zero-order valence-electron chi connectivity index (χ0n) is 14.7. The number of phenolic OH excluding ortho intramolecular Hbond substituents is 1. The number of hydrogen-bond acceptors (Lipinski definition) is 4. The minimum Gasteiger partial charge on any atom is -0.508 e. The average Bonchev–Trinajstić information content (AvgIpc) is 2.62. The van der Waals surface area contributed by atoms with Crippen LogP contribution >= 0.6 is 0 Å². The first-order valence-electron chi connectivity index (χ1n) is 9.16. The van der Waals surface area contributed by atoms with Crippen LogP contribution in [0.1, 0.15) is 31.7 Å². The molecule has 2 heterocycles. The molecule has 1 aromatic rings. The van der Waals surface area contributed by atoms with Gasteiger partial charge in [0.2, 0.25) is 5.91 Å². The summed E-state index contributed by atoms with van der Waals surface area (Å²) in [4.78, 5) is 19.5. The van der Waals surface area contributed by atoms with E-state index in [0.717, 1.165) is 51.4 Å². The molecule has 5 nitrogen and oxygen atoms in total. The maximum atomic E-state index is 12.7. The number of aromatic hydroxyl groups is 1. The molecule has 1 amide bonds. The molecule has 2 aliphatic heterocycles. The monoisotopic (exact) mass is 331 g/mol. The predicted molar refractivity (Wildman–Crippen MR) is 94.8 cm³/mol. The Morgan fingerprint density at radius 2 is 1.79 bits per heavy atom. The van der Waals surface area contributed by atoms with Crippen molar-refractivity contribution in [1.29, 1.82) is 0 Å². The molecule has 3 rings (SSSR count). The van der Waals surface area contributed by atoms with Gasteiger partial charge in [-0.3, -0.25) is 14.6 Å². The highest BCUT2D eigenvalue weighted by Crippen LogP contribution is 2.17. The van der Waals surface area contributed by atoms with Crippen molar-refractivity contribution in [1.82, 2.24) is 14.7 Å². The summed E-state index contributed by atoms with van der Waals surface area (Å²) in [5.74, 6) is 0.602. The van der Waals surface area contributed by atoms with Gasteiger partial charge in [-0.25, -0.2) is 0 Å². The Labute approximate surface area is 144 Å². The van der Waals surface area contributed by atoms with Crippen molar-refractivity contribution in [3.05, 3.63) is 29.8 Å². The SMILES string of the molecule is C[C@@H](C(=O)N1CCN(Cc2cccc(O)c2)CC1)N1CCCCC1. The van der Waals surface area contributed by atoms with Crippen LogP contribution in [0.15, 0.2) is 24.3 Å². The van der Waals surface area contributed by atoms with Gasteiger partial charge in [-0.1, -0.05) is 18.6 Å². The van der Waals surface area contributed by atoms with Gasteiger partial charge in [0.25, 0.3) is 0 Å². The first kappa shape index (κ1) is 17.2. The highest BCUT2D eigenvalue weighted by Gasteiger charge is 2.29. The molecule has 132 valence electrons. The summed E-state index contributed by atoms with van der Waals surface area (Å²) in [5, 5.41) is 9.57. The van der Waals surface area contributed by atoms with Crippen molar-refractivity contribution in [3.8, 4) is 5.75 Å². The number of carbonyl (C=O) groups is 1. The fourth-order valence-corrected chi connectivity index (χ4v) is 3.77. The molecule has 1 atom stereocenters. The van der Waals surface area contributed by atoms with Crippen LogP contribution in [0.3, 0.4) is 0 Å². The zero-order valence-corrected chi connectivity index (χ0v) is 14.7. The van der Waals surface area contributed by atoms with Gasteiger partial charge in [-0.2, -0.15) is 0 Å². The molecule has 2 saturated heterocycles. The number of phenols is 1. The van der Waals surface area contributed by atoms with Crippen LogP contribution in [-0.2, 0) is 11.3 Å². The molecule has 1 N–H and O–H groups in total. The fraction of sp³-hybridized carbons (Fsp3) is 0.632. The third-order valence-corrected chi connectivity index (χ3v) is 5.30. The molecule has 1 aromatic carbocycles. The van der Waals surface area contributed by atoms with E-state index < -0.39 is 0 Å². The minimum absolute atomic E-state index is 0.0166. The number of benzene rings is 1. The second kappa shape index (κ2) is 7.99. The summed E-state index contributed by atoms with van der Waals surface area (Å²) in [5.41, 5.74) is 1.12. The van der Waals surface area contributed by atoms with E-state index in [4.69, 9.17) is 0 Å². The molecule has 2 fully saturated rings. The number of piperidine rings is 1. The summed E-state index contributed by atoms with van der Waals surface area (Å²) in [6, 6.07) is 7.45. The van der Waals surface area contributed by atoms with Gasteiger partial charge in [0.05, 0.1) is 6.04 Å². The van der Waals surface area contributed by atoms with Crippen LogP contribution in [-0.4, -0.2) is 71.0 Å². The second-order valence-electron chi connectivity index (χ2n) is 7.04. The van der Waals surface area contributed by atoms with E-state index >= 15 is 0 Å². The Morgan fingerprint density at radius 3 is 2.46 bits per heavy atom. The van der Waals surface area contributed by atoms with Gasteiger partial charge in [0, 0.05) is 32.7 Å². The lowest BCUT2D eigenvalue weighted by Crippen LogP contribution is -2.54. The second-order valence-corrected chi connectivity index (χ2v) is 7.04. The van der Waals surface area contributed by atoms with E-state index in [1.165, 1.54) is 19.3 Å². The van der Waals surface area contributed by atoms with Crippen LogP contribution in [0, 0.1) is 0 Å². The quantitative estimate of drug-likeness (QED) is 0.916. The Morgan fingerprint density at radius 1 is 1.08 bits per heavy atom. The predicted octanol–water partition coefficient (Wildman–Crippen LogP) is 1.91. The molecule has 24 heavy (non-hydrogen) atoms. The number of carbonyl (C=O) groups excluding carboxylic acids is 1. The molecule has 0 spiro atoms. The highest BCUT2D eigenvalue weighted by molar-refractivity contribution is 5.81. The topological polar surface area (TPSA) is 47.0 Å². The summed E-state index contributed by atoms with van der Waals surface area (Å²) in [6.07, 6.45) is 3.73. The molecule has 0 aromatic heterocycles. The molecule has 2 aliphatic rings. The molecule has 0 aliphatic carbocycles. The average molecular weight is 331 g/mol. The first-order chi connectivity index (χ1) is 11.6. The normalized spacial score (nSPS) is 21.6. The van der Waals surface area contributed by atoms with E-state index in [9.17, 15) is 9.90 Å². The Hall–Kier alpha value is -1.59. The summed E-state index contributed by atoms with van der Waals surface area (Å²) < 4.78 is 0. The third kappa shape index (κ3) is 4.28. The molecule has 0 bridgehead atoms. The van der Waals surface area contributed by atoms with Crippen molar-refractivity contribution in [2.45, 2.75) is 38.8 Å². The van der Waals surface area contributed by atoms with Crippen molar-refractivity contribution in [2.24, 2.45) is 0 Å². The third-order valence-electron chi connectivity index (χ3n) is 5.30. The van der Waals surface area contributed by atoms with Gasteiger partial charge in [-0.15, -0.1) is 0 Å². The lowest BCUT2D eigenvalue weighted by Gasteiger charge is -2.39. The lowest BCUT2D eigenvalue weighted by molar-refractivity contribution is -0.138. The zero-order chi connectivity index (χ0) is 16.9. The van der Waals surface area contributed by atoms with Gasteiger partial charge < -0.3 is 10.0 Å². The number of nitrogens with zero attached hydrogens (tertiary/aromatic N) is 3. The highest BCUT2D eigenvalue weighted by atomic mass is 16.3. The first-order valence-corrected chi connectivity index (χ1v) is 9.16. The molecular formula is C19H29N3O2. The number of piperazine rings is 1. The summed E-state index contributed by atoms with van der Waals surface area (Å²) in [7, 11) is 0. The van der Waals surface area contributed by atoms with E-state index in [1.807, 2.05) is 23.1 Å². The van der Waals surface area contributed by atoms with Crippen LogP contribution in [0.2, 0.25) is 0 Å². The van der Waals surface area contributed by atoms with Crippen molar-refractivity contribution in [3.63, 3.8) is 0 Å². The van der Waals surface area contributed by atoms with Crippen molar-refractivity contribution in [2.75, 3.05) is 39.3 Å². The fourth-order valence-electron chi connectivity index (χ4n) is 3.77. The molecule has 5 heteroatoms. The van der Waals surface area contributed by atoms with Crippen LogP contribution in [0.25, 0.3) is 0 Å². The van der Waals surface area contributed by atoms with E-state index in [1.54, 1.807) is 6.07 Å². The molecule has 0 saturated carbocycles. The number of likely N-dealkylation sites (tertiary alicyclic amines) is 1. The largest absolute Gasteiger partial charge is 0.508 e. The smallest absolute Gasteiger partial charge is 0.239 e. The Balaban J connectivity index is 1.48. The standard InChI is InChI=1S/C19H29N3O2/c1-16(21-8-3-2-4-9-21)19(24)22-12-10-20(11-13-22)15-17-6-5-7-18(23)14-17/h5-7,14,16,23H,2-4,8-13,15H2,1H3/t16-/m0/s1. The van der Waals surface area contributed by atoms with E-state index in [-0.39, 0.29) is 11.9 Å². The van der Waals surface area contributed by atoms with Crippen molar-refractivity contribution < 1.29 is 9.90 Å². The summed E-state index contributed by atoms with van der Waals surface area (Å²) in [6.45, 7) is 8.41. The summed E-state index contributed by atoms with van der Waals surface area (Å²) >= 11 is 0. The Kier molecular flexibility index (Phi) is 5.74. The lowest BCUT2D eigenvalue weighted by atomic mass is 10.1. The van der Waals surface area contributed by atoms with Crippen molar-refractivity contribution >= 4 is 5.91 Å². The van der Waals surface area contributed by atoms with Crippen LogP contribution in [0.4, 0.5) is 0 Å². The maximum Gasteiger partial charge on any atom is 0.239 e.